The van der Waals surface area contributed by atoms with E-state index in [1.165, 1.54) is 6.07 Å². The fourth-order valence-corrected chi connectivity index (χ4v) is 3.95. The van der Waals surface area contributed by atoms with E-state index in [1.54, 1.807) is 36.3 Å². The molecule has 26 heavy (non-hydrogen) atoms. The van der Waals surface area contributed by atoms with Gasteiger partial charge in [-0.05, 0) is 29.8 Å². The highest BCUT2D eigenvalue weighted by Crippen LogP contribution is 2.28. The van der Waals surface area contributed by atoms with Crippen LogP contribution >= 0.6 is 23.4 Å². The molecule has 2 heterocycles. The lowest BCUT2D eigenvalue weighted by Gasteiger charge is -2.10. The average molecular weight is 384 g/mol. The van der Waals surface area contributed by atoms with Crippen molar-refractivity contribution < 1.29 is 4.39 Å². The summed E-state index contributed by atoms with van der Waals surface area (Å²) >= 11 is 7.67. The summed E-state index contributed by atoms with van der Waals surface area (Å²) in [5, 5.41) is 1.54. The van der Waals surface area contributed by atoms with Gasteiger partial charge in [-0.3, -0.25) is 4.98 Å². The van der Waals surface area contributed by atoms with Crippen LogP contribution in [0.5, 0.6) is 0 Å². The summed E-state index contributed by atoms with van der Waals surface area (Å²) in [4.78, 5) is 8.91. The number of imidazole rings is 1. The molecule has 0 radical (unpaired) electrons. The Morgan fingerprint density at radius 1 is 1.08 bits per heavy atom. The minimum absolute atomic E-state index is 0.218. The second kappa shape index (κ2) is 7.48. The largest absolute Gasteiger partial charge is 0.313 e. The number of pyridine rings is 1. The highest BCUT2D eigenvalue weighted by atomic mass is 35.5. The van der Waals surface area contributed by atoms with E-state index in [9.17, 15) is 4.39 Å². The third-order valence-corrected chi connectivity index (χ3v) is 5.34. The highest BCUT2D eigenvalue weighted by molar-refractivity contribution is 7.98. The van der Waals surface area contributed by atoms with Crippen molar-refractivity contribution in [3.63, 3.8) is 0 Å². The van der Waals surface area contributed by atoms with E-state index in [2.05, 4.69) is 4.98 Å². The first kappa shape index (κ1) is 17.1. The van der Waals surface area contributed by atoms with Crippen molar-refractivity contribution in [2.75, 3.05) is 0 Å². The number of benzene rings is 2. The van der Waals surface area contributed by atoms with Gasteiger partial charge >= 0.3 is 0 Å². The van der Waals surface area contributed by atoms with Crippen LogP contribution in [0.15, 0.2) is 72.1 Å². The normalized spacial score (nSPS) is 11.2. The molecule has 0 spiro atoms. The van der Waals surface area contributed by atoms with Crippen LogP contribution in [0.3, 0.4) is 0 Å². The lowest BCUT2D eigenvalue weighted by Crippen LogP contribution is -2.03. The zero-order valence-electron chi connectivity index (χ0n) is 13.8. The molecule has 0 aliphatic carbocycles. The molecule has 4 aromatic rings. The number of fused-ring (bicyclic) bond motifs is 1. The van der Waals surface area contributed by atoms with Crippen LogP contribution < -0.4 is 0 Å². The van der Waals surface area contributed by atoms with Crippen molar-refractivity contribution in [2.24, 2.45) is 0 Å². The van der Waals surface area contributed by atoms with Gasteiger partial charge in [0.2, 0.25) is 0 Å². The van der Waals surface area contributed by atoms with Gasteiger partial charge in [-0.2, -0.15) is 0 Å². The second-order valence-electron chi connectivity index (χ2n) is 5.85. The van der Waals surface area contributed by atoms with Gasteiger partial charge in [0.15, 0.2) is 5.16 Å². The molecule has 2 aromatic carbocycles. The Kier molecular flexibility index (Phi) is 4.91. The molecule has 130 valence electrons. The Labute approximate surface area is 159 Å². The van der Waals surface area contributed by atoms with Gasteiger partial charge in [0.05, 0.1) is 23.8 Å². The number of rotatable bonds is 5. The van der Waals surface area contributed by atoms with E-state index in [0.29, 0.717) is 17.1 Å². The molecule has 0 atom stereocenters. The maximum Gasteiger partial charge on any atom is 0.169 e. The van der Waals surface area contributed by atoms with Gasteiger partial charge in [0.25, 0.3) is 0 Å². The topological polar surface area (TPSA) is 30.7 Å². The smallest absolute Gasteiger partial charge is 0.169 e. The number of hydrogen-bond donors (Lipinski definition) is 0. The highest BCUT2D eigenvalue weighted by Gasteiger charge is 2.13. The summed E-state index contributed by atoms with van der Waals surface area (Å²) in [6.45, 7) is 0.409. The summed E-state index contributed by atoms with van der Waals surface area (Å²) in [5.41, 5.74) is 3.49. The third-order valence-electron chi connectivity index (χ3n) is 4.06. The number of aromatic nitrogens is 3. The van der Waals surface area contributed by atoms with Crippen LogP contribution in [0.4, 0.5) is 4.39 Å². The predicted octanol–water partition coefficient (Wildman–Crippen LogP) is 5.56. The lowest BCUT2D eigenvalue weighted by atomic mass is 10.2. The molecule has 0 saturated carbocycles. The van der Waals surface area contributed by atoms with Crippen LogP contribution in [0.1, 0.15) is 11.1 Å². The van der Waals surface area contributed by atoms with E-state index >= 15 is 0 Å². The third kappa shape index (κ3) is 3.59. The second-order valence-corrected chi connectivity index (χ2v) is 7.23. The van der Waals surface area contributed by atoms with Crippen molar-refractivity contribution in [1.29, 1.82) is 0 Å². The zero-order chi connectivity index (χ0) is 17.9. The average Bonchev–Trinajstić information content (AvgIpc) is 3.00. The fourth-order valence-electron chi connectivity index (χ4n) is 2.78. The Balaban J connectivity index is 1.68. The number of halogens is 2. The molecular formula is C20H15ClFN3S. The van der Waals surface area contributed by atoms with Crippen molar-refractivity contribution >= 4 is 34.4 Å². The first-order chi connectivity index (χ1) is 12.7. The molecule has 4 rings (SSSR count). The minimum Gasteiger partial charge on any atom is -0.313 e. The van der Waals surface area contributed by atoms with Crippen LogP contribution in [0.25, 0.3) is 11.0 Å². The lowest BCUT2D eigenvalue weighted by molar-refractivity contribution is 0.594. The summed E-state index contributed by atoms with van der Waals surface area (Å²) in [6.07, 6.45) is 3.49. The maximum atomic E-state index is 14.1. The zero-order valence-corrected chi connectivity index (χ0v) is 15.3. The van der Waals surface area contributed by atoms with E-state index in [4.69, 9.17) is 16.6 Å². The molecule has 6 heteroatoms. The summed E-state index contributed by atoms with van der Waals surface area (Å²) in [7, 11) is 0. The number of nitrogens with zero attached hydrogens (tertiary/aromatic N) is 3. The summed E-state index contributed by atoms with van der Waals surface area (Å²) in [6, 6.07) is 16.4. The van der Waals surface area contributed by atoms with Crippen molar-refractivity contribution in [1.82, 2.24) is 14.5 Å². The van der Waals surface area contributed by atoms with Crippen molar-refractivity contribution in [2.45, 2.75) is 17.5 Å². The molecule has 0 bridgehead atoms. The Bertz CT molecular complexity index is 1060. The molecule has 0 aliphatic heterocycles. The van der Waals surface area contributed by atoms with E-state index < -0.39 is 0 Å². The molecule has 3 nitrogen and oxygen atoms in total. The molecule has 0 unspecified atom stereocenters. The summed E-state index contributed by atoms with van der Waals surface area (Å²) < 4.78 is 16.1. The van der Waals surface area contributed by atoms with Crippen molar-refractivity contribution in [3.8, 4) is 0 Å². The van der Waals surface area contributed by atoms with Gasteiger partial charge in [-0.1, -0.05) is 53.7 Å². The standard InChI is InChI=1S/C20H15ClFN3S/c21-16-6-3-4-14(10-16)13-26-20-24-18-8-9-23-11-19(18)25(20)12-15-5-1-2-7-17(15)22/h1-11H,12-13H2. The predicted molar refractivity (Wildman–Crippen MR) is 104 cm³/mol. The minimum atomic E-state index is -0.218. The number of hydrogen-bond acceptors (Lipinski definition) is 3. The van der Waals surface area contributed by atoms with Crippen molar-refractivity contribution in [3.05, 3.63) is 89.0 Å². The monoisotopic (exact) mass is 383 g/mol. The Morgan fingerprint density at radius 2 is 1.96 bits per heavy atom. The van der Waals surface area contributed by atoms with Crippen LogP contribution in [0, 0.1) is 5.82 Å². The van der Waals surface area contributed by atoms with Crippen LogP contribution in [-0.2, 0) is 12.3 Å². The first-order valence-corrected chi connectivity index (χ1v) is 9.48. The van der Waals surface area contributed by atoms with Crippen LogP contribution in [-0.4, -0.2) is 14.5 Å². The Morgan fingerprint density at radius 3 is 2.81 bits per heavy atom. The van der Waals surface area contributed by atoms with Gasteiger partial charge in [0, 0.05) is 22.5 Å². The summed E-state index contributed by atoms with van der Waals surface area (Å²) in [5.74, 6) is 0.512. The Hall–Kier alpha value is -2.37. The first-order valence-electron chi connectivity index (χ1n) is 8.11. The van der Waals surface area contributed by atoms with Gasteiger partial charge < -0.3 is 4.57 Å². The molecule has 0 fully saturated rings. The molecular weight excluding hydrogens is 369 g/mol. The van der Waals surface area contributed by atoms with Gasteiger partial charge in [-0.25, -0.2) is 9.37 Å². The molecule has 2 aromatic heterocycles. The molecule has 0 saturated heterocycles. The molecule has 0 N–H and O–H groups in total. The van der Waals surface area contributed by atoms with Gasteiger partial charge in [0.1, 0.15) is 5.82 Å². The molecule has 0 aliphatic rings. The number of thioether (sulfide) groups is 1. The quantitative estimate of drug-likeness (QED) is 0.422. The van der Waals surface area contributed by atoms with Crippen LogP contribution in [0.2, 0.25) is 5.02 Å². The van der Waals surface area contributed by atoms with E-state index in [-0.39, 0.29) is 5.82 Å². The fraction of sp³-hybridized carbons (Fsp3) is 0.100. The molecule has 0 amide bonds. The van der Waals surface area contributed by atoms with E-state index in [0.717, 1.165) is 27.5 Å². The van der Waals surface area contributed by atoms with E-state index in [1.807, 2.05) is 41.0 Å². The SMILES string of the molecule is Fc1ccccc1Cn1c(SCc2cccc(Cl)c2)nc2ccncc21. The van der Waals surface area contributed by atoms with Gasteiger partial charge in [-0.15, -0.1) is 0 Å². The maximum absolute atomic E-state index is 14.1.